The number of amides is 1. The van der Waals surface area contributed by atoms with Gasteiger partial charge in [-0.2, -0.15) is 0 Å². The van der Waals surface area contributed by atoms with Gasteiger partial charge in [0.05, 0.1) is 17.7 Å². The lowest BCUT2D eigenvalue weighted by Gasteiger charge is -2.27. The Morgan fingerprint density at radius 2 is 2.05 bits per heavy atom. The van der Waals surface area contributed by atoms with Gasteiger partial charge in [-0.25, -0.2) is 8.78 Å². The van der Waals surface area contributed by atoms with Crippen LogP contribution < -0.4 is 5.73 Å². The smallest absolute Gasteiger partial charge is 0.256 e. The first-order valence-electron chi connectivity index (χ1n) is 6.05. The predicted octanol–water partition coefficient (Wildman–Crippen LogP) is 1.80. The zero-order valence-electron chi connectivity index (χ0n) is 10.8. The third-order valence-electron chi connectivity index (χ3n) is 3.48. The molecule has 0 bridgehead atoms. The average molecular weight is 270 g/mol. The second kappa shape index (κ2) is 5.13. The van der Waals surface area contributed by atoms with Gasteiger partial charge in [-0.15, -0.1) is 0 Å². The first kappa shape index (κ1) is 13.7. The number of likely N-dealkylation sites (N-methyl/N-ethyl adjacent to an activating group) is 1. The van der Waals surface area contributed by atoms with Crippen LogP contribution in [0.15, 0.2) is 12.1 Å². The van der Waals surface area contributed by atoms with E-state index in [4.69, 9.17) is 10.5 Å². The van der Waals surface area contributed by atoms with Gasteiger partial charge in [-0.1, -0.05) is 0 Å². The number of carbonyl (C=O) groups is 1. The minimum atomic E-state index is -1.08. The summed E-state index contributed by atoms with van der Waals surface area (Å²) >= 11 is 0. The number of benzene rings is 1. The number of carbonyl (C=O) groups excluding carboxylic acids is 1. The van der Waals surface area contributed by atoms with Crippen molar-refractivity contribution in [3.05, 3.63) is 29.3 Å². The molecule has 2 rings (SSSR count). The Hall–Kier alpha value is -1.69. The number of nitrogens with zero attached hydrogens (tertiary/aromatic N) is 1. The van der Waals surface area contributed by atoms with Crippen molar-refractivity contribution in [3.8, 4) is 0 Å². The largest absolute Gasteiger partial charge is 0.398 e. The minimum Gasteiger partial charge on any atom is -0.398 e. The maximum Gasteiger partial charge on any atom is 0.256 e. The summed E-state index contributed by atoms with van der Waals surface area (Å²) < 4.78 is 31.6. The van der Waals surface area contributed by atoms with Crippen LogP contribution in [0.2, 0.25) is 0 Å². The highest BCUT2D eigenvalue weighted by Crippen LogP contribution is 2.23. The van der Waals surface area contributed by atoms with E-state index in [1.165, 1.54) is 4.90 Å². The molecule has 1 aliphatic heterocycles. The van der Waals surface area contributed by atoms with E-state index < -0.39 is 17.5 Å². The van der Waals surface area contributed by atoms with Gasteiger partial charge < -0.3 is 15.4 Å². The summed E-state index contributed by atoms with van der Waals surface area (Å²) in [6, 6.07) is 1.58. The quantitative estimate of drug-likeness (QED) is 0.834. The molecule has 1 amide bonds. The van der Waals surface area contributed by atoms with Crippen LogP contribution >= 0.6 is 0 Å². The van der Waals surface area contributed by atoms with E-state index in [2.05, 4.69) is 0 Å². The summed E-state index contributed by atoms with van der Waals surface area (Å²) in [7, 11) is 1.61. The second-order valence-corrected chi connectivity index (χ2v) is 4.70. The highest BCUT2D eigenvalue weighted by Gasteiger charge is 2.31. The Morgan fingerprint density at radius 3 is 2.63 bits per heavy atom. The highest BCUT2D eigenvalue weighted by atomic mass is 19.2. The summed E-state index contributed by atoms with van der Waals surface area (Å²) in [6.07, 6.45) is 0.632. The van der Waals surface area contributed by atoms with Crippen LogP contribution in [0, 0.1) is 11.6 Å². The monoisotopic (exact) mass is 270 g/mol. The molecule has 2 atom stereocenters. The molecule has 6 heteroatoms. The third-order valence-corrected chi connectivity index (χ3v) is 3.48. The lowest BCUT2D eigenvalue weighted by molar-refractivity contribution is 0.0575. The van der Waals surface area contributed by atoms with Crippen molar-refractivity contribution in [2.75, 3.05) is 19.4 Å². The van der Waals surface area contributed by atoms with E-state index >= 15 is 0 Å². The van der Waals surface area contributed by atoms with Crippen LogP contribution in [0.1, 0.15) is 23.7 Å². The number of hydrogen-bond acceptors (Lipinski definition) is 3. The molecule has 104 valence electrons. The standard InChI is InChI=1S/C13H16F2N2O2/c1-7-12(3-4-19-7)17(2)13(18)8-5-9(14)10(15)6-11(8)16/h5-7,12H,3-4,16H2,1-2H3. The molecule has 1 aliphatic rings. The molecule has 1 aromatic carbocycles. The van der Waals surface area contributed by atoms with E-state index in [1.54, 1.807) is 7.05 Å². The van der Waals surface area contributed by atoms with Crippen molar-refractivity contribution >= 4 is 11.6 Å². The fourth-order valence-corrected chi connectivity index (χ4v) is 2.32. The van der Waals surface area contributed by atoms with Crippen molar-refractivity contribution < 1.29 is 18.3 Å². The summed E-state index contributed by atoms with van der Waals surface area (Å²) in [5.74, 6) is -2.57. The first-order valence-corrected chi connectivity index (χ1v) is 6.05. The lowest BCUT2D eigenvalue weighted by atomic mass is 10.1. The molecule has 4 nitrogen and oxygen atoms in total. The number of halogens is 2. The van der Waals surface area contributed by atoms with Gasteiger partial charge in [0, 0.05) is 25.4 Å². The van der Waals surface area contributed by atoms with Crippen LogP contribution in [-0.2, 0) is 4.74 Å². The predicted molar refractivity (Wildman–Crippen MR) is 66.7 cm³/mol. The van der Waals surface area contributed by atoms with Crippen LogP contribution in [0.4, 0.5) is 14.5 Å². The summed E-state index contributed by atoms with van der Waals surface area (Å²) in [5, 5.41) is 0. The minimum absolute atomic E-state index is 0.0273. The number of ether oxygens (including phenoxy) is 1. The number of nitrogen functional groups attached to an aromatic ring is 1. The van der Waals surface area contributed by atoms with Crippen LogP contribution in [0.3, 0.4) is 0 Å². The van der Waals surface area contributed by atoms with Gasteiger partial charge in [-0.05, 0) is 19.4 Å². The molecule has 1 heterocycles. The molecule has 0 aliphatic carbocycles. The van der Waals surface area contributed by atoms with Crippen LogP contribution in [-0.4, -0.2) is 36.6 Å². The Kier molecular flexibility index (Phi) is 3.71. The van der Waals surface area contributed by atoms with Gasteiger partial charge >= 0.3 is 0 Å². The van der Waals surface area contributed by atoms with Crippen LogP contribution in [0.25, 0.3) is 0 Å². The number of nitrogens with two attached hydrogens (primary N) is 1. The third kappa shape index (κ3) is 2.53. The van der Waals surface area contributed by atoms with Crippen molar-refractivity contribution in [3.63, 3.8) is 0 Å². The van der Waals surface area contributed by atoms with Crippen molar-refractivity contribution in [1.29, 1.82) is 0 Å². The summed E-state index contributed by atoms with van der Waals surface area (Å²) in [4.78, 5) is 13.7. The molecular formula is C13H16F2N2O2. The molecule has 0 aromatic heterocycles. The summed E-state index contributed by atoms with van der Waals surface area (Å²) in [5.41, 5.74) is 5.48. The Labute approximate surface area is 110 Å². The Morgan fingerprint density at radius 1 is 1.42 bits per heavy atom. The molecule has 1 saturated heterocycles. The first-order chi connectivity index (χ1) is 8.91. The maximum atomic E-state index is 13.2. The summed E-state index contributed by atoms with van der Waals surface area (Å²) in [6.45, 7) is 2.45. The van der Waals surface area contributed by atoms with Crippen molar-refractivity contribution in [2.24, 2.45) is 0 Å². The Bertz CT molecular complexity index is 508. The molecule has 2 unspecified atom stereocenters. The molecule has 0 saturated carbocycles. The zero-order chi connectivity index (χ0) is 14.2. The molecule has 19 heavy (non-hydrogen) atoms. The highest BCUT2D eigenvalue weighted by molar-refractivity contribution is 5.99. The molecule has 1 fully saturated rings. The topological polar surface area (TPSA) is 55.6 Å². The molecule has 0 spiro atoms. The van der Waals surface area contributed by atoms with E-state index in [9.17, 15) is 13.6 Å². The van der Waals surface area contributed by atoms with Crippen molar-refractivity contribution in [1.82, 2.24) is 4.90 Å². The van der Waals surface area contributed by atoms with Gasteiger partial charge in [0.25, 0.3) is 5.91 Å². The normalized spacial score (nSPS) is 22.5. The van der Waals surface area contributed by atoms with E-state index in [0.717, 1.165) is 12.1 Å². The van der Waals surface area contributed by atoms with Gasteiger partial charge in [0.1, 0.15) is 0 Å². The SMILES string of the molecule is CC1OCCC1N(C)C(=O)c1cc(F)c(F)cc1N. The second-order valence-electron chi connectivity index (χ2n) is 4.70. The molecule has 1 aromatic rings. The Balaban J connectivity index is 2.26. The van der Waals surface area contributed by atoms with E-state index in [-0.39, 0.29) is 23.4 Å². The van der Waals surface area contributed by atoms with Gasteiger partial charge in [0.2, 0.25) is 0 Å². The average Bonchev–Trinajstić information content (AvgIpc) is 2.78. The van der Waals surface area contributed by atoms with Gasteiger partial charge in [0.15, 0.2) is 11.6 Å². The van der Waals surface area contributed by atoms with Crippen LogP contribution in [0.5, 0.6) is 0 Å². The van der Waals surface area contributed by atoms with Gasteiger partial charge in [-0.3, -0.25) is 4.79 Å². The molecule has 0 radical (unpaired) electrons. The molecular weight excluding hydrogens is 254 g/mol. The molecule has 2 N–H and O–H groups in total. The van der Waals surface area contributed by atoms with E-state index in [1.807, 2.05) is 6.92 Å². The van der Waals surface area contributed by atoms with Crippen molar-refractivity contribution in [2.45, 2.75) is 25.5 Å². The number of anilines is 1. The number of hydrogen-bond donors (Lipinski definition) is 1. The number of rotatable bonds is 2. The zero-order valence-corrected chi connectivity index (χ0v) is 10.8. The fraction of sp³-hybridized carbons (Fsp3) is 0.462. The van der Waals surface area contributed by atoms with E-state index in [0.29, 0.717) is 13.0 Å². The maximum absolute atomic E-state index is 13.2. The lowest BCUT2D eigenvalue weighted by Crippen LogP contribution is -2.41. The fourth-order valence-electron chi connectivity index (χ4n) is 2.32.